The van der Waals surface area contributed by atoms with Crippen molar-refractivity contribution in [2.24, 2.45) is 0 Å². The van der Waals surface area contributed by atoms with Crippen LogP contribution in [-0.4, -0.2) is 34.6 Å². The Morgan fingerprint density at radius 1 is 1.00 bits per heavy atom. The molecule has 0 aromatic rings. The van der Waals surface area contributed by atoms with E-state index in [1.54, 1.807) is 0 Å². The summed E-state index contributed by atoms with van der Waals surface area (Å²) in [7, 11) is 0. The molecule has 3 nitrogen and oxygen atoms in total. The van der Waals surface area contributed by atoms with Gasteiger partial charge in [0.25, 0.3) is 0 Å². The smallest absolute Gasteiger partial charge is 0.145 e. The Morgan fingerprint density at radius 2 is 1.31 bits per heavy atom. The van der Waals surface area contributed by atoms with Crippen LogP contribution >= 0.6 is 0 Å². The second-order valence-corrected chi connectivity index (χ2v) is 2.79. The van der Waals surface area contributed by atoms with Crippen LogP contribution in [0.25, 0.3) is 0 Å². The van der Waals surface area contributed by atoms with Crippen molar-refractivity contribution >= 4 is 0 Å². The van der Waals surface area contributed by atoms with E-state index < -0.39 is 24.4 Å². The van der Waals surface area contributed by atoms with Crippen LogP contribution in [0.15, 0.2) is 0 Å². The zero-order valence-electron chi connectivity index (χ0n) is 7.77. The van der Waals surface area contributed by atoms with Crippen LogP contribution in [0.3, 0.4) is 0 Å². The summed E-state index contributed by atoms with van der Waals surface area (Å²) in [5.41, 5.74) is 0. The van der Waals surface area contributed by atoms with E-state index in [2.05, 4.69) is 11.8 Å². The molecule has 0 aliphatic rings. The average molecular weight is 182 g/mol. The first-order valence-corrected chi connectivity index (χ1v) is 3.96. The lowest BCUT2D eigenvalue weighted by Gasteiger charge is -2.21. The molecule has 0 aromatic carbocycles. The Bertz CT molecular complexity index is 195. The maximum Gasteiger partial charge on any atom is 0.145 e. The minimum Gasteiger partial charge on any atom is -0.390 e. The summed E-state index contributed by atoms with van der Waals surface area (Å²) in [6.45, 7) is 3.00. The number of hydrogen-bond acceptors (Lipinski definition) is 3. The second-order valence-electron chi connectivity index (χ2n) is 2.79. The number of ether oxygens (including phenoxy) is 1. The SMILES string of the molecule is C#CC(OC(C#C)C(C)O)C(C)O. The zero-order chi connectivity index (χ0) is 10.4. The molecule has 3 heteroatoms. The molecule has 0 fully saturated rings. The Balaban J connectivity index is 4.24. The molecule has 0 amide bonds. The molecule has 0 saturated carbocycles. The first-order chi connectivity index (χ1) is 6.02. The van der Waals surface area contributed by atoms with Crippen LogP contribution in [-0.2, 0) is 4.74 Å². The molecule has 0 rings (SSSR count). The summed E-state index contributed by atoms with van der Waals surface area (Å²) in [5.74, 6) is 4.48. The van der Waals surface area contributed by atoms with E-state index in [0.717, 1.165) is 0 Å². The zero-order valence-corrected chi connectivity index (χ0v) is 7.77. The summed E-state index contributed by atoms with van der Waals surface area (Å²) in [6, 6.07) is 0. The first kappa shape index (κ1) is 12.0. The van der Waals surface area contributed by atoms with Crippen molar-refractivity contribution in [3.8, 4) is 24.7 Å². The average Bonchev–Trinajstić information content (AvgIpc) is 2.05. The van der Waals surface area contributed by atoms with E-state index in [9.17, 15) is 0 Å². The van der Waals surface area contributed by atoms with E-state index in [0.29, 0.717) is 0 Å². The molecule has 0 saturated heterocycles. The summed E-state index contributed by atoms with van der Waals surface area (Å²) in [6.07, 6.45) is 7.01. The Labute approximate surface area is 78.7 Å². The van der Waals surface area contributed by atoms with Crippen molar-refractivity contribution in [3.05, 3.63) is 0 Å². The minimum atomic E-state index is -0.806. The summed E-state index contributed by atoms with van der Waals surface area (Å²) in [4.78, 5) is 0. The highest BCUT2D eigenvalue weighted by atomic mass is 16.5. The third-order valence-corrected chi connectivity index (χ3v) is 1.50. The van der Waals surface area contributed by atoms with Crippen molar-refractivity contribution in [2.75, 3.05) is 0 Å². The Morgan fingerprint density at radius 3 is 1.46 bits per heavy atom. The fourth-order valence-electron chi connectivity index (χ4n) is 0.742. The molecular formula is C10H14O3. The molecule has 0 bridgehead atoms. The van der Waals surface area contributed by atoms with Gasteiger partial charge in [0.05, 0.1) is 12.2 Å². The number of aliphatic hydroxyl groups is 2. The van der Waals surface area contributed by atoms with Gasteiger partial charge in [-0.05, 0) is 13.8 Å². The Hall–Kier alpha value is -1.00. The van der Waals surface area contributed by atoms with Gasteiger partial charge in [-0.2, -0.15) is 0 Å². The van der Waals surface area contributed by atoms with Gasteiger partial charge in [-0.15, -0.1) is 12.8 Å². The number of aliphatic hydroxyl groups excluding tert-OH is 2. The van der Waals surface area contributed by atoms with Gasteiger partial charge in [0.15, 0.2) is 0 Å². The van der Waals surface area contributed by atoms with Crippen LogP contribution in [0.2, 0.25) is 0 Å². The van der Waals surface area contributed by atoms with Gasteiger partial charge < -0.3 is 14.9 Å². The van der Waals surface area contributed by atoms with E-state index in [4.69, 9.17) is 27.8 Å². The predicted molar refractivity (Wildman–Crippen MR) is 49.7 cm³/mol. The molecule has 0 heterocycles. The fourth-order valence-corrected chi connectivity index (χ4v) is 0.742. The second kappa shape index (κ2) is 5.61. The van der Waals surface area contributed by atoms with Gasteiger partial charge in [0.2, 0.25) is 0 Å². The van der Waals surface area contributed by atoms with E-state index >= 15 is 0 Å². The molecule has 0 aliphatic carbocycles. The van der Waals surface area contributed by atoms with E-state index in [1.165, 1.54) is 13.8 Å². The quantitative estimate of drug-likeness (QED) is 0.590. The predicted octanol–water partition coefficient (Wildman–Crippen LogP) is -0.232. The maximum absolute atomic E-state index is 9.12. The highest BCUT2D eigenvalue weighted by Gasteiger charge is 2.20. The number of rotatable bonds is 4. The molecule has 0 radical (unpaired) electrons. The summed E-state index contributed by atoms with van der Waals surface area (Å²) >= 11 is 0. The van der Waals surface area contributed by atoms with Crippen molar-refractivity contribution in [2.45, 2.75) is 38.3 Å². The minimum absolute atomic E-state index is 0.782. The van der Waals surface area contributed by atoms with Crippen molar-refractivity contribution in [1.29, 1.82) is 0 Å². The van der Waals surface area contributed by atoms with Crippen molar-refractivity contribution < 1.29 is 14.9 Å². The van der Waals surface area contributed by atoms with Crippen LogP contribution in [0, 0.1) is 24.7 Å². The number of terminal acetylenes is 2. The highest BCUT2D eigenvalue weighted by molar-refractivity contribution is 5.03. The fraction of sp³-hybridized carbons (Fsp3) is 0.600. The molecular weight excluding hydrogens is 168 g/mol. The van der Waals surface area contributed by atoms with E-state index in [1.807, 2.05) is 0 Å². The maximum atomic E-state index is 9.12. The van der Waals surface area contributed by atoms with E-state index in [-0.39, 0.29) is 0 Å². The third-order valence-electron chi connectivity index (χ3n) is 1.50. The van der Waals surface area contributed by atoms with Gasteiger partial charge in [0.1, 0.15) is 12.2 Å². The Kier molecular flexibility index (Phi) is 5.18. The lowest BCUT2D eigenvalue weighted by atomic mass is 10.2. The van der Waals surface area contributed by atoms with Crippen LogP contribution < -0.4 is 0 Å². The van der Waals surface area contributed by atoms with Gasteiger partial charge in [-0.25, -0.2) is 0 Å². The molecule has 2 N–H and O–H groups in total. The normalized spacial score (nSPS) is 19.2. The van der Waals surface area contributed by atoms with Crippen molar-refractivity contribution in [3.63, 3.8) is 0 Å². The topological polar surface area (TPSA) is 49.7 Å². The highest BCUT2D eigenvalue weighted by Crippen LogP contribution is 2.05. The lowest BCUT2D eigenvalue weighted by Crippen LogP contribution is -2.34. The summed E-state index contributed by atoms with van der Waals surface area (Å²) in [5, 5.41) is 18.2. The first-order valence-electron chi connectivity index (χ1n) is 3.96. The molecule has 0 aliphatic heterocycles. The molecule has 4 atom stereocenters. The summed E-state index contributed by atoms with van der Waals surface area (Å²) < 4.78 is 5.10. The van der Waals surface area contributed by atoms with Crippen molar-refractivity contribution in [1.82, 2.24) is 0 Å². The number of hydrogen-bond donors (Lipinski definition) is 2. The molecule has 13 heavy (non-hydrogen) atoms. The van der Waals surface area contributed by atoms with Crippen LogP contribution in [0.4, 0.5) is 0 Å². The van der Waals surface area contributed by atoms with Crippen LogP contribution in [0.1, 0.15) is 13.8 Å². The van der Waals surface area contributed by atoms with Gasteiger partial charge in [-0.3, -0.25) is 0 Å². The van der Waals surface area contributed by atoms with Gasteiger partial charge in [-0.1, -0.05) is 11.8 Å². The molecule has 72 valence electrons. The van der Waals surface area contributed by atoms with Gasteiger partial charge in [0, 0.05) is 0 Å². The molecule has 4 unspecified atom stereocenters. The standard InChI is InChI=1S/C10H14O3/c1-5-9(7(3)11)13-10(6-2)8(4)12/h1-2,7-12H,3-4H3. The van der Waals surface area contributed by atoms with Crippen LogP contribution in [0.5, 0.6) is 0 Å². The van der Waals surface area contributed by atoms with Gasteiger partial charge >= 0.3 is 0 Å². The molecule has 0 aromatic heterocycles. The third kappa shape index (κ3) is 3.96. The monoisotopic (exact) mass is 182 g/mol. The lowest BCUT2D eigenvalue weighted by molar-refractivity contribution is -0.0597. The molecule has 0 spiro atoms. The largest absolute Gasteiger partial charge is 0.390 e.